The summed E-state index contributed by atoms with van der Waals surface area (Å²) in [6, 6.07) is 6.63. The summed E-state index contributed by atoms with van der Waals surface area (Å²) in [6.45, 7) is 5.21. The van der Waals surface area contributed by atoms with Crippen LogP contribution >= 0.6 is 0 Å². The van der Waals surface area contributed by atoms with Crippen molar-refractivity contribution in [2.24, 2.45) is 0 Å². The second-order valence-corrected chi connectivity index (χ2v) is 7.13. The molecule has 1 aliphatic heterocycles. The van der Waals surface area contributed by atoms with E-state index in [9.17, 15) is 14.4 Å². The Kier molecular flexibility index (Phi) is 6.63. The monoisotopic (exact) mass is 391 g/mol. The van der Waals surface area contributed by atoms with Gasteiger partial charge < -0.3 is 24.8 Å². The van der Waals surface area contributed by atoms with Gasteiger partial charge in [-0.05, 0) is 39.0 Å². The SMILES string of the molecule is COC(=O)C1=C(Nc2cccc(NC(=O)OC(C)(C)C)c2)C(=O)N(CCO)C1. The van der Waals surface area contributed by atoms with Crippen LogP contribution in [-0.4, -0.2) is 60.4 Å². The summed E-state index contributed by atoms with van der Waals surface area (Å²) < 4.78 is 9.96. The number of nitrogens with zero attached hydrogens (tertiary/aromatic N) is 1. The van der Waals surface area contributed by atoms with Gasteiger partial charge >= 0.3 is 12.1 Å². The van der Waals surface area contributed by atoms with Crippen molar-refractivity contribution in [2.45, 2.75) is 26.4 Å². The number of esters is 1. The zero-order chi connectivity index (χ0) is 20.9. The maximum Gasteiger partial charge on any atom is 0.412 e. The topological polar surface area (TPSA) is 117 Å². The Morgan fingerprint density at radius 1 is 1.25 bits per heavy atom. The average molecular weight is 391 g/mol. The number of methoxy groups -OCH3 is 1. The van der Waals surface area contributed by atoms with Crippen molar-refractivity contribution in [1.82, 2.24) is 4.90 Å². The van der Waals surface area contributed by atoms with Crippen LogP contribution in [0.1, 0.15) is 20.8 Å². The summed E-state index contributed by atoms with van der Waals surface area (Å²) in [7, 11) is 1.23. The van der Waals surface area contributed by atoms with E-state index in [0.717, 1.165) is 0 Å². The Bertz CT molecular complexity index is 797. The minimum absolute atomic E-state index is 0.0459. The molecule has 0 bridgehead atoms. The highest BCUT2D eigenvalue weighted by Crippen LogP contribution is 2.24. The van der Waals surface area contributed by atoms with E-state index in [-0.39, 0.29) is 31.0 Å². The third-order valence-corrected chi connectivity index (χ3v) is 3.73. The van der Waals surface area contributed by atoms with Crippen molar-refractivity contribution in [2.75, 3.05) is 37.4 Å². The maximum atomic E-state index is 12.5. The molecule has 2 amide bonds. The predicted molar refractivity (Wildman–Crippen MR) is 103 cm³/mol. The molecule has 1 aromatic rings. The number of β-amino-alcohol motifs (C(OH)–C–C–N with tert-alkyl or cyclic N) is 1. The summed E-state index contributed by atoms with van der Waals surface area (Å²) in [5.41, 5.74) is 0.564. The van der Waals surface area contributed by atoms with Crippen LogP contribution in [0.4, 0.5) is 16.2 Å². The van der Waals surface area contributed by atoms with Crippen LogP contribution in [0.2, 0.25) is 0 Å². The minimum Gasteiger partial charge on any atom is -0.466 e. The molecule has 0 aliphatic carbocycles. The normalized spacial score (nSPS) is 14.2. The maximum absolute atomic E-state index is 12.5. The summed E-state index contributed by atoms with van der Waals surface area (Å²) >= 11 is 0. The molecule has 1 aliphatic rings. The van der Waals surface area contributed by atoms with Crippen molar-refractivity contribution in [3.8, 4) is 0 Å². The number of rotatable bonds is 6. The standard InChI is InChI=1S/C19H25N3O6/c1-19(2,3)28-18(26)21-13-7-5-6-12(10-13)20-15-14(17(25)27-4)11-22(8-9-23)16(15)24/h5-7,10,20,23H,8-9,11H2,1-4H3,(H,21,26). The van der Waals surface area contributed by atoms with Crippen LogP contribution in [0.15, 0.2) is 35.5 Å². The molecule has 9 heteroatoms. The fourth-order valence-electron chi connectivity index (χ4n) is 2.59. The van der Waals surface area contributed by atoms with Gasteiger partial charge in [0.2, 0.25) is 0 Å². The lowest BCUT2D eigenvalue weighted by Gasteiger charge is -2.20. The van der Waals surface area contributed by atoms with E-state index >= 15 is 0 Å². The van der Waals surface area contributed by atoms with Crippen LogP contribution in [0, 0.1) is 0 Å². The molecule has 9 nitrogen and oxygen atoms in total. The molecule has 0 saturated heterocycles. The van der Waals surface area contributed by atoms with Gasteiger partial charge in [0.15, 0.2) is 0 Å². The van der Waals surface area contributed by atoms with Gasteiger partial charge in [-0.15, -0.1) is 0 Å². The highest BCUT2D eigenvalue weighted by Gasteiger charge is 2.34. The second-order valence-electron chi connectivity index (χ2n) is 7.13. The van der Waals surface area contributed by atoms with E-state index in [1.165, 1.54) is 12.0 Å². The van der Waals surface area contributed by atoms with Crippen LogP contribution < -0.4 is 10.6 Å². The van der Waals surface area contributed by atoms with Crippen LogP contribution in [0.5, 0.6) is 0 Å². The Hall–Kier alpha value is -3.07. The molecule has 0 fully saturated rings. The van der Waals surface area contributed by atoms with E-state index in [2.05, 4.69) is 10.6 Å². The van der Waals surface area contributed by atoms with Gasteiger partial charge in [-0.1, -0.05) is 6.07 Å². The van der Waals surface area contributed by atoms with Gasteiger partial charge in [0, 0.05) is 17.9 Å². The van der Waals surface area contributed by atoms with Gasteiger partial charge in [0.25, 0.3) is 5.91 Å². The first kappa shape index (κ1) is 21.2. The summed E-state index contributed by atoms with van der Waals surface area (Å²) in [4.78, 5) is 37.8. The number of hydrogen-bond acceptors (Lipinski definition) is 7. The zero-order valence-electron chi connectivity index (χ0n) is 16.4. The molecule has 3 N–H and O–H groups in total. The fourth-order valence-corrected chi connectivity index (χ4v) is 2.59. The van der Waals surface area contributed by atoms with Gasteiger partial charge in [-0.2, -0.15) is 0 Å². The first-order valence-corrected chi connectivity index (χ1v) is 8.73. The van der Waals surface area contributed by atoms with Gasteiger partial charge in [-0.25, -0.2) is 9.59 Å². The Morgan fingerprint density at radius 2 is 1.93 bits per heavy atom. The molecule has 28 heavy (non-hydrogen) atoms. The molecule has 0 radical (unpaired) electrons. The van der Waals surface area contributed by atoms with Gasteiger partial charge in [0.1, 0.15) is 11.3 Å². The highest BCUT2D eigenvalue weighted by molar-refractivity contribution is 6.08. The average Bonchev–Trinajstić information content (AvgIpc) is 2.90. The number of ether oxygens (including phenoxy) is 2. The van der Waals surface area contributed by atoms with Crippen molar-refractivity contribution in [1.29, 1.82) is 0 Å². The summed E-state index contributed by atoms with van der Waals surface area (Å²) in [6.07, 6.45) is -0.606. The van der Waals surface area contributed by atoms with E-state index in [1.54, 1.807) is 45.0 Å². The van der Waals surface area contributed by atoms with Gasteiger partial charge in [0.05, 0.1) is 25.8 Å². The third kappa shape index (κ3) is 5.46. The predicted octanol–water partition coefficient (Wildman–Crippen LogP) is 1.71. The lowest BCUT2D eigenvalue weighted by Crippen LogP contribution is -2.31. The van der Waals surface area contributed by atoms with E-state index in [0.29, 0.717) is 11.4 Å². The molecule has 1 aromatic carbocycles. The third-order valence-electron chi connectivity index (χ3n) is 3.73. The molecular formula is C19H25N3O6. The molecule has 2 rings (SSSR count). The van der Waals surface area contributed by atoms with E-state index < -0.39 is 23.6 Å². The number of carbonyl (C=O) groups is 3. The van der Waals surface area contributed by atoms with Crippen LogP contribution in [0.25, 0.3) is 0 Å². The van der Waals surface area contributed by atoms with E-state index in [4.69, 9.17) is 14.6 Å². The van der Waals surface area contributed by atoms with Gasteiger partial charge in [-0.3, -0.25) is 10.1 Å². The number of hydrogen-bond donors (Lipinski definition) is 3. The molecule has 1 heterocycles. The number of nitrogens with one attached hydrogen (secondary N) is 2. The minimum atomic E-state index is -0.632. The number of amides is 2. The Morgan fingerprint density at radius 3 is 2.54 bits per heavy atom. The largest absolute Gasteiger partial charge is 0.466 e. The first-order chi connectivity index (χ1) is 13.1. The summed E-state index contributed by atoms with van der Waals surface area (Å²) in [5.74, 6) is -1.04. The number of benzene rings is 1. The first-order valence-electron chi connectivity index (χ1n) is 8.73. The molecule has 0 atom stereocenters. The molecule has 0 aromatic heterocycles. The molecule has 152 valence electrons. The molecule has 0 saturated carbocycles. The quantitative estimate of drug-likeness (QED) is 0.632. The molecular weight excluding hydrogens is 366 g/mol. The smallest absolute Gasteiger partial charge is 0.412 e. The second kappa shape index (κ2) is 8.75. The number of aliphatic hydroxyl groups excluding tert-OH is 1. The Balaban J connectivity index is 2.20. The van der Waals surface area contributed by atoms with E-state index in [1.807, 2.05) is 0 Å². The lowest BCUT2D eigenvalue weighted by molar-refractivity contribution is -0.136. The van der Waals surface area contributed by atoms with Crippen molar-refractivity contribution in [3.63, 3.8) is 0 Å². The Labute approximate surface area is 163 Å². The lowest BCUT2D eigenvalue weighted by atomic mass is 10.2. The molecule has 0 unspecified atom stereocenters. The van der Waals surface area contributed by atoms with Crippen molar-refractivity contribution < 1.29 is 29.0 Å². The highest BCUT2D eigenvalue weighted by atomic mass is 16.6. The number of aliphatic hydroxyl groups is 1. The van der Waals surface area contributed by atoms with Crippen LogP contribution in [0.3, 0.4) is 0 Å². The van der Waals surface area contributed by atoms with Crippen molar-refractivity contribution in [3.05, 3.63) is 35.5 Å². The fraction of sp³-hybridized carbons (Fsp3) is 0.421. The zero-order valence-corrected chi connectivity index (χ0v) is 16.4. The molecule has 0 spiro atoms. The number of carbonyl (C=O) groups excluding carboxylic acids is 3. The summed E-state index contributed by atoms with van der Waals surface area (Å²) in [5, 5.41) is 14.6. The number of anilines is 2. The van der Waals surface area contributed by atoms with Crippen molar-refractivity contribution >= 4 is 29.3 Å². The van der Waals surface area contributed by atoms with Crippen LogP contribution in [-0.2, 0) is 19.1 Å².